The van der Waals surface area contributed by atoms with Crippen LogP contribution in [0.1, 0.15) is 5.76 Å². The quantitative estimate of drug-likeness (QED) is 0.562. The predicted octanol–water partition coefficient (Wildman–Crippen LogP) is 0.665. The highest BCUT2D eigenvalue weighted by atomic mass is 32.2. The lowest BCUT2D eigenvalue weighted by Crippen LogP contribution is -2.28. The van der Waals surface area contributed by atoms with E-state index in [1.165, 1.54) is 17.6 Å². The molecule has 3 N–H and O–H groups in total. The molecule has 0 fully saturated rings. The number of esters is 1. The fraction of sp³-hybridized carbons (Fsp3) is 0.273. The summed E-state index contributed by atoms with van der Waals surface area (Å²) in [4.78, 5) is 22.9. The normalized spacial score (nSPS) is 10.3. The monoisotopic (exact) mass is 328 g/mol. The van der Waals surface area contributed by atoms with Crippen molar-refractivity contribution >= 4 is 40.1 Å². The number of hydrogen-bond donors (Lipinski definition) is 2. The van der Waals surface area contributed by atoms with E-state index in [2.05, 4.69) is 15.5 Å². The zero-order valence-electron chi connectivity index (χ0n) is 10.8. The summed E-state index contributed by atoms with van der Waals surface area (Å²) < 4.78 is 10.5. The van der Waals surface area contributed by atoms with Crippen molar-refractivity contribution in [2.75, 3.05) is 18.1 Å². The van der Waals surface area contributed by atoms with Gasteiger partial charge in [0.25, 0.3) is 5.91 Å². The lowest BCUT2D eigenvalue weighted by molar-refractivity contribution is -0.146. The number of nitrogen functional groups attached to an aromatic ring is 1. The second-order valence-electron chi connectivity index (χ2n) is 3.71. The standard InChI is InChI=1S/C11H12N4O4S2/c12-10-14-15-11(21-10)20-6-9(17)19-5-8(16)13-4-7-2-1-3-18-7/h1-3H,4-6H2,(H2,12,14)(H,13,16). The lowest BCUT2D eigenvalue weighted by Gasteiger charge is -2.04. The molecular weight excluding hydrogens is 316 g/mol. The molecule has 2 heterocycles. The van der Waals surface area contributed by atoms with Crippen LogP contribution in [0.3, 0.4) is 0 Å². The molecule has 2 aromatic rings. The van der Waals surface area contributed by atoms with Crippen LogP contribution in [0.25, 0.3) is 0 Å². The van der Waals surface area contributed by atoms with Gasteiger partial charge < -0.3 is 20.2 Å². The van der Waals surface area contributed by atoms with Gasteiger partial charge in [-0.25, -0.2) is 0 Å². The van der Waals surface area contributed by atoms with Gasteiger partial charge >= 0.3 is 5.97 Å². The maximum Gasteiger partial charge on any atom is 0.316 e. The van der Waals surface area contributed by atoms with E-state index in [1.54, 1.807) is 12.1 Å². The minimum atomic E-state index is -0.512. The van der Waals surface area contributed by atoms with Crippen LogP contribution in [-0.4, -0.2) is 34.4 Å². The van der Waals surface area contributed by atoms with E-state index in [1.807, 2.05) is 0 Å². The average Bonchev–Trinajstić information content (AvgIpc) is 3.12. The first-order valence-electron chi connectivity index (χ1n) is 5.80. The fourth-order valence-corrected chi connectivity index (χ4v) is 2.67. The molecule has 0 radical (unpaired) electrons. The zero-order chi connectivity index (χ0) is 15.1. The van der Waals surface area contributed by atoms with Crippen LogP contribution < -0.4 is 11.1 Å². The third-order valence-electron chi connectivity index (χ3n) is 2.14. The Bertz CT molecular complexity index is 599. The number of hydrogen-bond acceptors (Lipinski definition) is 9. The molecule has 1 amide bonds. The molecule has 0 saturated heterocycles. The number of aromatic nitrogens is 2. The minimum Gasteiger partial charge on any atom is -0.467 e. The molecule has 21 heavy (non-hydrogen) atoms. The van der Waals surface area contributed by atoms with Crippen LogP contribution in [0.4, 0.5) is 5.13 Å². The van der Waals surface area contributed by atoms with Crippen molar-refractivity contribution in [3.05, 3.63) is 24.2 Å². The van der Waals surface area contributed by atoms with E-state index >= 15 is 0 Å². The molecule has 0 aromatic carbocycles. The van der Waals surface area contributed by atoms with Gasteiger partial charge in [0.15, 0.2) is 10.9 Å². The highest BCUT2D eigenvalue weighted by molar-refractivity contribution is 8.01. The molecule has 112 valence electrons. The molecule has 0 unspecified atom stereocenters. The summed E-state index contributed by atoms with van der Waals surface area (Å²) in [6.45, 7) is -0.0828. The van der Waals surface area contributed by atoms with E-state index in [4.69, 9.17) is 14.9 Å². The Morgan fingerprint density at radius 2 is 2.33 bits per heavy atom. The Morgan fingerprint density at radius 3 is 3.00 bits per heavy atom. The van der Waals surface area contributed by atoms with Gasteiger partial charge in [-0.15, -0.1) is 10.2 Å². The molecular formula is C11H12N4O4S2. The van der Waals surface area contributed by atoms with Crippen molar-refractivity contribution in [1.29, 1.82) is 0 Å². The molecule has 0 spiro atoms. The summed E-state index contributed by atoms with van der Waals surface area (Å²) >= 11 is 2.34. The molecule has 0 aliphatic carbocycles. The maximum absolute atomic E-state index is 11.4. The first kappa shape index (κ1) is 15.3. The van der Waals surface area contributed by atoms with Crippen LogP contribution in [0.2, 0.25) is 0 Å². The number of amides is 1. The summed E-state index contributed by atoms with van der Waals surface area (Å²) in [7, 11) is 0. The molecule has 0 atom stereocenters. The fourth-order valence-electron chi connectivity index (χ4n) is 1.24. The van der Waals surface area contributed by atoms with Crippen LogP contribution in [0.15, 0.2) is 27.2 Å². The maximum atomic E-state index is 11.4. The molecule has 2 aromatic heterocycles. The second-order valence-corrected chi connectivity index (χ2v) is 5.94. The van der Waals surface area contributed by atoms with Gasteiger partial charge in [-0.3, -0.25) is 9.59 Å². The Morgan fingerprint density at radius 1 is 1.48 bits per heavy atom. The molecule has 2 rings (SSSR count). The number of carbonyl (C=O) groups excluding carboxylic acids is 2. The number of nitrogens with zero attached hydrogens (tertiary/aromatic N) is 2. The van der Waals surface area contributed by atoms with Crippen molar-refractivity contribution in [2.45, 2.75) is 10.9 Å². The Labute approximate surface area is 128 Å². The van der Waals surface area contributed by atoms with Gasteiger partial charge in [-0.05, 0) is 12.1 Å². The predicted molar refractivity (Wildman–Crippen MR) is 76.6 cm³/mol. The van der Waals surface area contributed by atoms with Gasteiger partial charge in [0.1, 0.15) is 5.76 Å². The number of furan rings is 1. The topological polar surface area (TPSA) is 120 Å². The molecule has 0 aliphatic rings. The summed E-state index contributed by atoms with van der Waals surface area (Å²) in [5.74, 6) is -0.244. The second kappa shape index (κ2) is 7.64. The van der Waals surface area contributed by atoms with Crippen molar-refractivity contribution in [3.63, 3.8) is 0 Å². The summed E-state index contributed by atoms with van der Waals surface area (Å²) in [5.41, 5.74) is 5.41. The molecule has 8 nitrogen and oxygen atoms in total. The Kier molecular flexibility index (Phi) is 5.58. The Hall–Kier alpha value is -2.07. The van der Waals surface area contributed by atoms with E-state index < -0.39 is 11.9 Å². The van der Waals surface area contributed by atoms with Crippen molar-refractivity contribution in [2.24, 2.45) is 0 Å². The molecule has 0 bridgehead atoms. The molecule has 10 heteroatoms. The van der Waals surface area contributed by atoms with Crippen LogP contribution in [0, 0.1) is 0 Å². The number of thioether (sulfide) groups is 1. The van der Waals surface area contributed by atoms with Crippen LogP contribution in [-0.2, 0) is 20.9 Å². The van der Waals surface area contributed by atoms with Gasteiger partial charge in [0.2, 0.25) is 5.13 Å². The number of carbonyl (C=O) groups is 2. The number of rotatable bonds is 7. The average molecular weight is 328 g/mol. The van der Waals surface area contributed by atoms with Crippen LogP contribution in [0.5, 0.6) is 0 Å². The van der Waals surface area contributed by atoms with Gasteiger partial charge in [0, 0.05) is 0 Å². The van der Waals surface area contributed by atoms with E-state index in [-0.39, 0.29) is 18.9 Å². The van der Waals surface area contributed by atoms with E-state index in [9.17, 15) is 9.59 Å². The SMILES string of the molecule is Nc1nnc(SCC(=O)OCC(=O)NCc2ccco2)s1. The van der Waals surface area contributed by atoms with Crippen molar-refractivity contribution in [3.8, 4) is 0 Å². The third-order valence-corrected chi connectivity index (χ3v) is 4.00. The number of nitrogens with two attached hydrogens (primary N) is 1. The molecule has 0 aliphatic heterocycles. The third kappa shape index (κ3) is 5.44. The first-order valence-corrected chi connectivity index (χ1v) is 7.60. The van der Waals surface area contributed by atoms with Crippen LogP contribution >= 0.6 is 23.1 Å². The minimum absolute atomic E-state index is 0.0418. The highest BCUT2D eigenvalue weighted by Gasteiger charge is 2.10. The Balaban J connectivity index is 1.60. The smallest absolute Gasteiger partial charge is 0.316 e. The van der Waals surface area contributed by atoms with E-state index in [0.29, 0.717) is 15.2 Å². The summed E-state index contributed by atoms with van der Waals surface area (Å²) in [6, 6.07) is 3.45. The zero-order valence-corrected chi connectivity index (χ0v) is 12.4. The van der Waals surface area contributed by atoms with Gasteiger partial charge in [0.05, 0.1) is 18.6 Å². The number of nitrogens with one attached hydrogen (secondary N) is 1. The first-order chi connectivity index (χ1) is 10.1. The largest absolute Gasteiger partial charge is 0.467 e. The summed E-state index contributed by atoms with van der Waals surface area (Å²) in [5, 5.41) is 10.3. The molecule has 0 saturated carbocycles. The van der Waals surface area contributed by atoms with Gasteiger partial charge in [-0.2, -0.15) is 0 Å². The number of ether oxygens (including phenoxy) is 1. The summed E-state index contributed by atoms with van der Waals surface area (Å²) in [6.07, 6.45) is 1.51. The van der Waals surface area contributed by atoms with Crippen molar-refractivity contribution < 1.29 is 18.7 Å². The highest BCUT2D eigenvalue weighted by Crippen LogP contribution is 2.23. The van der Waals surface area contributed by atoms with E-state index in [0.717, 1.165) is 11.8 Å². The van der Waals surface area contributed by atoms with Gasteiger partial charge in [-0.1, -0.05) is 23.1 Å². The number of anilines is 1. The lowest BCUT2D eigenvalue weighted by atomic mass is 10.4. The van der Waals surface area contributed by atoms with Crippen molar-refractivity contribution in [1.82, 2.24) is 15.5 Å².